The Morgan fingerprint density at radius 3 is 2.63 bits per heavy atom. The van der Waals surface area contributed by atoms with Crippen molar-refractivity contribution in [1.82, 2.24) is 9.55 Å². The molecule has 0 spiro atoms. The van der Waals surface area contributed by atoms with Gasteiger partial charge in [0.05, 0.1) is 24.3 Å². The van der Waals surface area contributed by atoms with Gasteiger partial charge in [-0.15, -0.1) is 0 Å². The molecule has 1 aromatic heterocycles. The first-order chi connectivity index (χ1) is 14.6. The molecule has 0 aliphatic carbocycles. The highest BCUT2D eigenvalue weighted by molar-refractivity contribution is 7.99. The highest BCUT2D eigenvalue weighted by atomic mass is 32.2. The van der Waals surface area contributed by atoms with Crippen LogP contribution in [0.15, 0.2) is 78.1 Å². The number of thioether (sulfide) groups is 1. The Balaban J connectivity index is 1.46. The Labute approximate surface area is 179 Å². The molecule has 5 nitrogen and oxygen atoms in total. The van der Waals surface area contributed by atoms with E-state index in [2.05, 4.69) is 41.5 Å². The van der Waals surface area contributed by atoms with Crippen LogP contribution in [0, 0.1) is 6.92 Å². The number of carbonyl (C=O) groups excluding carboxylic acids is 1. The Morgan fingerprint density at radius 1 is 1.07 bits per heavy atom. The number of hydrogen-bond donors (Lipinski definition) is 2. The van der Waals surface area contributed by atoms with Gasteiger partial charge < -0.3 is 15.0 Å². The van der Waals surface area contributed by atoms with E-state index in [0.717, 1.165) is 27.7 Å². The number of fused-ring (bicyclic) bond motifs is 1. The van der Waals surface area contributed by atoms with Crippen LogP contribution in [0.25, 0.3) is 10.8 Å². The molecule has 152 valence electrons. The number of rotatable bonds is 7. The maximum Gasteiger partial charge on any atom is 0.234 e. The lowest BCUT2D eigenvalue weighted by atomic mass is 10.1. The minimum Gasteiger partial charge on any atom is -0.390 e. The molecule has 0 saturated heterocycles. The summed E-state index contributed by atoms with van der Waals surface area (Å²) in [4.78, 5) is 17.0. The van der Waals surface area contributed by atoms with Gasteiger partial charge in [0.1, 0.15) is 0 Å². The van der Waals surface area contributed by atoms with Gasteiger partial charge in [-0.05, 0) is 23.9 Å². The number of aromatic nitrogens is 2. The first-order valence-corrected chi connectivity index (χ1v) is 10.7. The number of anilines is 1. The summed E-state index contributed by atoms with van der Waals surface area (Å²) in [7, 11) is 0. The molecule has 0 bridgehead atoms. The molecule has 30 heavy (non-hydrogen) atoms. The molecule has 2 N–H and O–H groups in total. The quantitative estimate of drug-likeness (QED) is 0.431. The van der Waals surface area contributed by atoms with Gasteiger partial charge in [-0.25, -0.2) is 4.98 Å². The number of carbonyl (C=O) groups is 1. The fourth-order valence-electron chi connectivity index (χ4n) is 3.33. The molecule has 1 amide bonds. The van der Waals surface area contributed by atoms with Crippen LogP contribution in [0.2, 0.25) is 0 Å². The number of imidazole rings is 1. The summed E-state index contributed by atoms with van der Waals surface area (Å²) in [6, 6.07) is 22.1. The zero-order valence-electron chi connectivity index (χ0n) is 16.7. The van der Waals surface area contributed by atoms with E-state index in [1.165, 1.54) is 17.3 Å². The third-order valence-corrected chi connectivity index (χ3v) is 5.91. The number of hydrogen-bond acceptors (Lipinski definition) is 4. The molecule has 0 aliphatic heterocycles. The van der Waals surface area contributed by atoms with E-state index < -0.39 is 0 Å². The van der Waals surface area contributed by atoms with Gasteiger partial charge >= 0.3 is 0 Å². The number of amides is 1. The van der Waals surface area contributed by atoms with Crippen LogP contribution in [0.5, 0.6) is 0 Å². The summed E-state index contributed by atoms with van der Waals surface area (Å²) in [5.74, 6) is 0.144. The van der Waals surface area contributed by atoms with Crippen molar-refractivity contribution >= 4 is 34.1 Å². The molecule has 0 radical (unpaired) electrons. The molecule has 0 atom stereocenters. The van der Waals surface area contributed by atoms with Gasteiger partial charge in [-0.2, -0.15) is 0 Å². The third kappa shape index (κ3) is 4.56. The van der Waals surface area contributed by atoms with E-state index in [0.29, 0.717) is 11.7 Å². The van der Waals surface area contributed by atoms with Gasteiger partial charge in [0.2, 0.25) is 5.91 Å². The maximum atomic E-state index is 12.6. The van der Waals surface area contributed by atoms with Crippen LogP contribution in [-0.4, -0.2) is 26.3 Å². The standard InChI is InChI=1S/C24H23N3O2S/c1-17-9-11-18(12-10-17)14-27-20(15-28)13-25-24(27)30-16-23(29)26-22-8-4-6-19-5-2-3-7-21(19)22/h2-13,28H,14-16H2,1H3,(H,26,29). The van der Waals surface area contributed by atoms with Crippen LogP contribution in [0.4, 0.5) is 5.69 Å². The predicted molar refractivity (Wildman–Crippen MR) is 122 cm³/mol. The largest absolute Gasteiger partial charge is 0.390 e. The minimum absolute atomic E-state index is 0.0909. The van der Waals surface area contributed by atoms with E-state index in [1.807, 2.05) is 47.0 Å². The second-order valence-electron chi connectivity index (χ2n) is 7.13. The summed E-state index contributed by atoms with van der Waals surface area (Å²) in [6.45, 7) is 2.56. The summed E-state index contributed by atoms with van der Waals surface area (Å²) >= 11 is 1.37. The Kier molecular flexibility index (Phi) is 6.16. The topological polar surface area (TPSA) is 67.1 Å². The van der Waals surface area contributed by atoms with Crippen molar-refractivity contribution in [3.63, 3.8) is 0 Å². The highest BCUT2D eigenvalue weighted by Crippen LogP contribution is 2.24. The van der Waals surface area contributed by atoms with Gasteiger partial charge in [0, 0.05) is 17.6 Å². The maximum absolute atomic E-state index is 12.6. The Hall–Kier alpha value is -3.09. The highest BCUT2D eigenvalue weighted by Gasteiger charge is 2.13. The van der Waals surface area contributed by atoms with Crippen molar-refractivity contribution in [1.29, 1.82) is 0 Å². The normalized spacial score (nSPS) is 11.0. The van der Waals surface area contributed by atoms with Gasteiger partial charge in [0.15, 0.2) is 5.16 Å². The van der Waals surface area contributed by atoms with E-state index in [-0.39, 0.29) is 18.3 Å². The molecule has 0 saturated carbocycles. The molecule has 6 heteroatoms. The summed E-state index contributed by atoms with van der Waals surface area (Å²) < 4.78 is 1.96. The SMILES string of the molecule is Cc1ccc(Cn2c(CO)cnc2SCC(=O)Nc2cccc3ccccc23)cc1. The van der Waals surface area contributed by atoms with Crippen LogP contribution in [-0.2, 0) is 17.9 Å². The van der Waals surface area contributed by atoms with Crippen LogP contribution in [0.3, 0.4) is 0 Å². The molecule has 3 aromatic carbocycles. The Morgan fingerprint density at radius 2 is 1.83 bits per heavy atom. The minimum atomic E-state index is -0.0956. The zero-order valence-corrected chi connectivity index (χ0v) is 17.5. The van der Waals surface area contributed by atoms with E-state index >= 15 is 0 Å². The zero-order chi connectivity index (χ0) is 20.9. The molecule has 0 unspecified atom stereocenters. The molecule has 4 rings (SSSR count). The number of benzene rings is 3. The van der Waals surface area contributed by atoms with Crippen molar-refractivity contribution in [2.75, 3.05) is 11.1 Å². The first-order valence-electron chi connectivity index (χ1n) is 9.75. The van der Waals surface area contributed by atoms with Gasteiger partial charge in [-0.3, -0.25) is 4.79 Å². The Bertz CT molecular complexity index is 1160. The van der Waals surface area contributed by atoms with Crippen LogP contribution < -0.4 is 5.32 Å². The lowest BCUT2D eigenvalue weighted by Gasteiger charge is -2.12. The smallest absolute Gasteiger partial charge is 0.234 e. The average Bonchev–Trinajstić information content (AvgIpc) is 3.15. The van der Waals surface area contributed by atoms with Crippen molar-refractivity contribution in [3.05, 3.63) is 89.7 Å². The molecule has 4 aromatic rings. The summed E-state index contributed by atoms with van der Waals surface area (Å²) in [5, 5.41) is 15.5. The average molecular weight is 418 g/mol. The van der Waals surface area contributed by atoms with Gasteiger partial charge in [0.25, 0.3) is 0 Å². The molecular weight excluding hydrogens is 394 g/mol. The van der Waals surface area contributed by atoms with E-state index in [1.54, 1.807) is 6.20 Å². The van der Waals surface area contributed by atoms with Crippen molar-refractivity contribution in [2.24, 2.45) is 0 Å². The number of aryl methyl sites for hydroxylation is 1. The molecule has 1 heterocycles. The third-order valence-electron chi connectivity index (χ3n) is 4.92. The number of aliphatic hydroxyl groups is 1. The van der Waals surface area contributed by atoms with Crippen molar-refractivity contribution in [3.8, 4) is 0 Å². The summed E-state index contributed by atoms with van der Waals surface area (Å²) in [5.41, 5.74) is 3.85. The van der Waals surface area contributed by atoms with Crippen LogP contribution >= 0.6 is 11.8 Å². The van der Waals surface area contributed by atoms with Gasteiger partial charge in [-0.1, -0.05) is 78.0 Å². The molecule has 0 aliphatic rings. The van der Waals surface area contributed by atoms with E-state index in [4.69, 9.17) is 0 Å². The molecular formula is C24H23N3O2S. The van der Waals surface area contributed by atoms with E-state index in [9.17, 15) is 9.90 Å². The van der Waals surface area contributed by atoms with Crippen molar-refractivity contribution in [2.45, 2.75) is 25.2 Å². The fraction of sp³-hybridized carbons (Fsp3) is 0.167. The fourth-order valence-corrected chi connectivity index (χ4v) is 4.13. The van der Waals surface area contributed by atoms with Crippen LogP contribution in [0.1, 0.15) is 16.8 Å². The number of aliphatic hydroxyl groups excluding tert-OH is 1. The second-order valence-corrected chi connectivity index (χ2v) is 8.07. The van der Waals surface area contributed by atoms with Crippen molar-refractivity contribution < 1.29 is 9.90 Å². The number of nitrogens with one attached hydrogen (secondary N) is 1. The first kappa shape index (κ1) is 20.2. The monoisotopic (exact) mass is 417 g/mol. The lowest BCUT2D eigenvalue weighted by Crippen LogP contribution is -2.15. The second kappa shape index (κ2) is 9.15. The molecule has 0 fully saturated rings. The summed E-state index contributed by atoms with van der Waals surface area (Å²) in [6.07, 6.45) is 1.67. The number of nitrogens with zero attached hydrogens (tertiary/aromatic N) is 2. The predicted octanol–water partition coefficient (Wildman–Crippen LogP) is 4.62. The lowest BCUT2D eigenvalue weighted by molar-refractivity contribution is -0.113.